The number of nitrogens with two attached hydrogens (primary N) is 1. The summed E-state index contributed by atoms with van der Waals surface area (Å²) in [6.45, 7) is 3.10. The fourth-order valence-electron chi connectivity index (χ4n) is 3.91. The first kappa shape index (κ1) is 20.6. The Labute approximate surface area is 179 Å². The number of amides is 3. The summed E-state index contributed by atoms with van der Waals surface area (Å²) in [5, 5.41) is 8.21. The second-order valence-corrected chi connectivity index (χ2v) is 7.77. The minimum absolute atomic E-state index is 0.0422. The van der Waals surface area contributed by atoms with Gasteiger partial charge >= 0.3 is 0 Å². The maximum Gasteiger partial charge on any atom is 0.232 e. The van der Waals surface area contributed by atoms with E-state index in [1.54, 1.807) is 24.3 Å². The van der Waals surface area contributed by atoms with Crippen LogP contribution in [-0.4, -0.2) is 40.8 Å². The normalized spacial score (nSPS) is 18.0. The van der Waals surface area contributed by atoms with Gasteiger partial charge in [0.15, 0.2) is 0 Å². The molecule has 2 aromatic rings. The van der Waals surface area contributed by atoms with E-state index < -0.39 is 5.92 Å². The van der Waals surface area contributed by atoms with Crippen molar-refractivity contribution in [2.24, 2.45) is 0 Å². The van der Waals surface area contributed by atoms with Gasteiger partial charge in [-0.3, -0.25) is 14.4 Å². The highest BCUT2D eigenvalue weighted by atomic mass is 16.2. The molecule has 162 valence electrons. The predicted octanol–water partition coefficient (Wildman–Crippen LogP) is 2.07. The monoisotopic (exact) mass is 423 g/mol. The van der Waals surface area contributed by atoms with Crippen LogP contribution < -0.4 is 26.6 Å². The Morgan fingerprint density at radius 3 is 2.35 bits per heavy atom. The molecule has 10 heteroatoms. The lowest BCUT2D eigenvalue weighted by atomic mass is 9.92. The molecule has 0 saturated carbocycles. The maximum absolute atomic E-state index is 13.0. The minimum atomic E-state index is -0.797. The molecule has 1 atom stereocenters. The summed E-state index contributed by atoms with van der Waals surface area (Å²) in [6, 6.07) is 6.71. The molecule has 5 N–H and O–H groups in total. The summed E-state index contributed by atoms with van der Waals surface area (Å²) in [5.74, 6) is -0.668. The van der Waals surface area contributed by atoms with Crippen LogP contribution in [-0.2, 0) is 14.4 Å². The molecule has 1 aromatic heterocycles. The van der Waals surface area contributed by atoms with Crippen LogP contribution in [0, 0.1) is 0 Å². The van der Waals surface area contributed by atoms with Gasteiger partial charge < -0.3 is 26.6 Å². The number of carbonyl (C=O) groups is 3. The number of nitrogen functional groups attached to an aromatic ring is 1. The fraction of sp³-hybridized carbons (Fsp3) is 0.381. The SMILES string of the molecule is CC(=O)Nc1ccc(NC(=O)[C@H]2CC(=O)Nc3nc(N4CCCCC4)nc(N)c32)cc1. The lowest BCUT2D eigenvalue weighted by molar-refractivity contribution is -0.123. The van der Waals surface area contributed by atoms with Crippen LogP contribution in [0.1, 0.15) is 44.1 Å². The molecule has 3 heterocycles. The molecule has 1 aromatic carbocycles. The van der Waals surface area contributed by atoms with Gasteiger partial charge in [0.25, 0.3) is 0 Å². The molecular weight excluding hydrogens is 398 g/mol. The number of piperidine rings is 1. The van der Waals surface area contributed by atoms with Crippen LogP contribution in [0.15, 0.2) is 24.3 Å². The number of benzene rings is 1. The molecule has 3 amide bonds. The Morgan fingerprint density at radius 2 is 1.71 bits per heavy atom. The van der Waals surface area contributed by atoms with Crippen molar-refractivity contribution in [2.45, 2.75) is 38.5 Å². The Kier molecular flexibility index (Phi) is 5.70. The Morgan fingerprint density at radius 1 is 1.06 bits per heavy atom. The maximum atomic E-state index is 13.0. The van der Waals surface area contributed by atoms with Gasteiger partial charge in [-0.1, -0.05) is 0 Å². The zero-order chi connectivity index (χ0) is 22.0. The molecule has 0 spiro atoms. The number of rotatable bonds is 4. The van der Waals surface area contributed by atoms with Gasteiger partial charge in [0.2, 0.25) is 23.7 Å². The standard InChI is InChI=1S/C21H25N7O3/c1-12(29)23-13-5-7-14(8-6-13)24-20(31)15-11-16(30)25-19-17(15)18(22)26-21(27-19)28-9-3-2-4-10-28/h5-8,15H,2-4,9-11H2,1H3,(H,23,29)(H,24,31)(H3,22,25,26,27,30)/t15-/m0/s1. The molecule has 1 saturated heterocycles. The van der Waals surface area contributed by atoms with E-state index in [4.69, 9.17) is 5.73 Å². The van der Waals surface area contributed by atoms with E-state index >= 15 is 0 Å². The first-order valence-corrected chi connectivity index (χ1v) is 10.3. The molecule has 10 nitrogen and oxygen atoms in total. The number of hydrogen-bond acceptors (Lipinski definition) is 7. The summed E-state index contributed by atoms with van der Waals surface area (Å²) in [5.41, 5.74) is 7.83. The van der Waals surface area contributed by atoms with E-state index in [0.29, 0.717) is 28.7 Å². The number of aromatic nitrogens is 2. The molecule has 2 aliphatic rings. The van der Waals surface area contributed by atoms with Crippen LogP contribution in [0.4, 0.5) is 29.0 Å². The van der Waals surface area contributed by atoms with Gasteiger partial charge in [0.05, 0.1) is 11.5 Å². The molecule has 2 aliphatic heterocycles. The van der Waals surface area contributed by atoms with Crippen molar-refractivity contribution < 1.29 is 14.4 Å². The van der Waals surface area contributed by atoms with Gasteiger partial charge in [-0.2, -0.15) is 9.97 Å². The number of hydrogen-bond donors (Lipinski definition) is 4. The van der Waals surface area contributed by atoms with Crippen molar-refractivity contribution in [3.63, 3.8) is 0 Å². The summed E-state index contributed by atoms with van der Waals surface area (Å²) >= 11 is 0. The molecule has 0 radical (unpaired) electrons. The van der Waals surface area contributed by atoms with Crippen LogP contribution >= 0.6 is 0 Å². The second kappa shape index (κ2) is 8.58. The van der Waals surface area contributed by atoms with Gasteiger partial charge in [-0.25, -0.2) is 0 Å². The highest BCUT2D eigenvalue weighted by Crippen LogP contribution is 2.37. The van der Waals surface area contributed by atoms with Gasteiger partial charge in [-0.05, 0) is 43.5 Å². The van der Waals surface area contributed by atoms with Crippen molar-refractivity contribution >= 4 is 46.7 Å². The molecule has 0 unspecified atom stereocenters. The Balaban J connectivity index is 1.56. The van der Waals surface area contributed by atoms with E-state index in [1.165, 1.54) is 13.3 Å². The lowest BCUT2D eigenvalue weighted by Gasteiger charge is -2.30. The van der Waals surface area contributed by atoms with E-state index in [0.717, 1.165) is 25.9 Å². The van der Waals surface area contributed by atoms with E-state index in [2.05, 4.69) is 25.9 Å². The van der Waals surface area contributed by atoms with E-state index in [9.17, 15) is 14.4 Å². The van der Waals surface area contributed by atoms with Crippen molar-refractivity contribution in [3.8, 4) is 0 Å². The third-order valence-electron chi connectivity index (χ3n) is 5.39. The first-order chi connectivity index (χ1) is 14.9. The largest absolute Gasteiger partial charge is 0.383 e. The average Bonchev–Trinajstić information content (AvgIpc) is 2.74. The Hall–Kier alpha value is -3.69. The fourth-order valence-corrected chi connectivity index (χ4v) is 3.91. The predicted molar refractivity (Wildman–Crippen MR) is 118 cm³/mol. The molecule has 0 aliphatic carbocycles. The number of carbonyl (C=O) groups excluding carboxylic acids is 3. The lowest BCUT2D eigenvalue weighted by Crippen LogP contribution is -2.35. The quantitative estimate of drug-likeness (QED) is 0.589. The van der Waals surface area contributed by atoms with Crippen LogP contribution in [0.2, 0.25) is 0 Å². The highest BCUT2D eigenvalue weighted by Gasteiger charge is 2.35. The first-order valence-electron chi connectivity index (χ1n) is 10.3. The number of nitrogens with one attached hydrogen (secondary N) is 3. The topological polar surface area (TPSA) is 142 Å². The average molecular weight is 423 g/mol. The van der Waals surface area contributed by atoms with Gasteiger partial charge in [0.1, 0.15) is 11.6 Å². The highest BCUT2D eigenvalue weighted by molar-refractivity contribution is 6.05. The van der Waals surface area contributed by atoms with Gasteiger partial charge in [0, 0.05) is 37.8 Å². The number of fused-ring (bicyclic) bond motifs is 1. The molecule has 31 heavy (non-hydrogen) atoms. The second-order valence-electron chi connectivity index (χ2n) is 7.77. The Bertz CT molecular complexity index is 1020. The summed E-state index contributed by atoms with van der Waals surface area (Å²) in [6.07, 6.45) is 3.23. The van der Waals surface area contributed by atoms with Crippen LogP contribution in [0.5, 0.6) is 0 Å². The van der Waals surface area contributed by atoms with Crippen molar-refractivity contribution in [3.05, 3.63) is 29.8 Å². The number of nitrogens with zero attached hydrogens (tertiary/aromatic N) is 3. The number of anilines is 5. The molecular formula is C21H25N7O3. The van der Waals surface area contributed by atoms with Crippen LogP contribution in [0.3, 0.4) is 0 Å². The summed E-state index contributed by atoms with van der Waals surface area (Å²) in [7, 11) is 0. The van der Waals surface area contributed by atoms with Crippen molar-refractivity contribution in [2.75, 3.05) is 39.7 Å². The summed E-state index contributed by atoms with van der Waals surface area (Å²) < 4.78 is 0. The van der Waals surface area contributed by atoms with Gasteiger partial charge in [-0.15, -0.1) is 0 Å². The zero-order valence-electron chi connectivity index (χ0n) is 17.3. The van der Waals surface area contributed by atoms with Crippen molar-refractivity contribution in [1.82, 2.24) is 9.97 Å². The summed E-state index contributed by atoms with van der Waals surface area (Å²) in [4.78, 5) is 47.4. The smallest absolute Gasteiger partial charge is 0.232 e. The zero-order valence-corrected chi connectivity index (χ0v) is 17.3. The molecule has 0 bridgehead atoms. The molecule has 4 rings (SSSR count). The van der Waals surface area contributed by atoms with Crippen LogP contribution in [0.25, 0.3) is 0 Å². The van der Waals surface area contributed by atoms with Crippen molar-refractivity contribution in [1.29, 1.82) is 0 Å². The van der Waals surface area contributed by atoms with E-state index in [1.807, 2.05) is 4.90 Å². The molecule has 1 fully saturated rings. The minimum Gasteiger partial charge on any atom is -0.383 e. The van der Waals surface area contributed by atoms with E-state index in [-0.39, 0.29) is 30.0 Å². The third-order valence-corrected chi connectivity index (χ3v) is 5.39. The third kappa shape index (κ3) is 4.57.